The first-order valence-electron chi connectivity index (χ1n) is 19.3. The zero-order chi connectivity index (χ0) is 44.0. The number of hydrogen-bond acceptors (Lipinski definition) is 16. The molecule has 0 spiro atoms. The van der Waals surface area contributed by atoms with Crippen molar-refractivity contribution in [1.29, 1.82) is 15.8 Å². The van der Waals surface area contributed by atoms with Gasteiger partial charge in [-0.25, -0.2) is 39.5 Å². The maximum Gasteiger partial charge on any atom is 0.407 e. The van der Waals surface area contributed by atoms with Gasteiger partial charge < -0.3 is 40.7 Å². The Balaban J connectivity index is 0.000000201. The number of nitrogens with two attached hydrogens (primary N) is 1. The van der Waals surface area contributed by atoms with Crippen LogP contribution in [0, 0.1) is 34.0 Å². The van der Waals surface area contributed by atoms with E-state index in [2.05, 4.69) is 40.5 Å². The normalized spacial score (nSPS) is 18.8. The van der Waals surface area contributed by atoms with Gasteiger partial charge in [-0.2, -0.15) is 15.8 Å². The summed E-state index contributed by atoms with van der Waals surface area (Å²) in [7, 11) is 3.42. The Morgan fingerprint density at radius 3 is 1.45 bits per heavy atom. The predicted molar refractivity (Wildman–Crippen MR) is 227 cm³/mol. The Hall–Kier alpha value is -5.52. The fraction of sp³-hybridized carbons (Fsp3) is 0.553. The summed E-state index contributed by atoms with van der Waals surface area (Å²) in [5, 5.41) is 32.5. The third-order valence-corrected chi connectivity index (χ3v) is 9.99. The number of alkyl carbamates (subject to hydrolysis) is 1. The summed E-state index contributed by atoms with van der Waals surface area (Å²) in [6, 6.07) is 5.75. The van der Waals surface area contributed by atoms with E-state index in [0.717, 1.165) is 64.7 Å². The van der Waals surface area contributed by atoms with E-state index in [9.17, 15) is 9.59 Å². The molecule has 19 nitrogen and oxygen atoms in total. The van der Waals surface area contributed by atoms with Gasteiger partial charge in [0.25, 0.3) is 0 Å². The molecule has 6 heterocycles. The molecule has 4 N–H and O–H groups in total. The van der Waals surface area contributed by atoms with E-state index in [0.29, 0.717) is 30.5 Å². The van der Waals surface area contributed by atoms with Crippen LogP contribution in [0.4, 0.5) is 27.0 Å². The second-order valence-corrected chi connectivity index (χ2v) is 16.4. The van der Waals surface area contributed by atoms with Crippen LogP contribution >= 0.6 is 34.8 Å². The van der Waals surface area contributed by atoms with E-state index in [1.807, 2.05) is 53.7 Å². The van der Waals surface area contributed by atoms with Gasteiger partial charge in [-0.1, -0.05) is 34.8 Å². The zero-order valence-electron chi connectivity index (χ0n) is 34.2. The molecule has 0 aromatic carbocycles. The number of carbonyl (C=O) groups is 2. The highest BCUT2D eigenvalue weighted by Gasteiger charge is 2.26. The van der Waals surface area contributed by atoms with Gasteiger partial charge in [0, 0.05) is 71.5 Å². The summed E-state index contributed by atoms with van der Waals surface area (Å²) in [6.07, 6.45) is 9.93. The Labute approximate surface area is 364 Å². The van der Waals surface area contributed by atoms with E-state index >= 15 is 0 Å². The van der Waals surface area contributed by atoms with Crippen LogP contribution in [-0.2, 0) is 4.74 Å². The summed E-state index contributed by atoms with van der Waals surface area (Å²) >= 11 is 17.7. The van der Waals surface area contributed by atoms with Gasteiger partial charge >= 0.3 is 12.1 Å². The van der Waals surface area contributed by atoms with Crippen molar-refractivity contribution in [3.63, 3.8) is 0 Å². The van der Waals surface area contributed by atoms with Gasteiger partial charge in [-0.3, -0.25) is 0 Å². The lowest BCUT2D eigenvalue weighted by Gasteiger charge is -2.34. The molecule has 3 aliphatic rings. The molecule has 3 fully saturated rings. The first-order chi connectivity index (χ1) is 28.5. The molecular formula is C38H49Cl3N16O3. The largest absolute Gasteiger partial charge is 0.444 e. The number of nitrogens with one attached hydrogen (secondary N) is 2. The number of ether oxygens (including phenoxy) is 1. The first-order valence-corrected chi connectivity index (χ1v) is 20.4. The van der Waals surface area contributed by atoms with Crippen LogP contribution in [-0.4, -0.2) is 124 Å². The molecule has 0 bridgehead atoms. The average molecular weight is 884 g/mol. The highest BCUT2D eigenvalue weighted by Crippen LogP contribution is 2.23. The van der Waals surface area contributed by atoms with Gasteiger partial charge in [0.1, 0.15) is 41.3 Å². The van der Waals surface area contributed by atoms with Crippen molar-refractivity contribution in [2.45, 2.75) is 83.0 Å². The predicted octanol–water partition coefficient (Wildman–Crippen LogP) is 4.67. The maximum absolute atomic E-state index is 11.9. The minimum Gasteiger partial charge on any atom is -0.444 e. The van der Waals surface area contributed by atoms with Crippen molar-refractivity contribution in [2.75, 3.05) is 68.1 Å². The summed E-state index contributed by atoms with van der Waals surface area (Å²) in [4.78, 5) is 55.6. The molecule has 0 saturated carbocycles. The van der Waals surface area contributed by atoms with Crippen molar-refractivity contribution in [3.05, 3.63) is 51.1 Å². The Morgan fingerprint density at radius 2 is 1.10 bits per heavy atom. The lowest BCUT2D eigenvalue weighted by molar-refractivity contribution is 0.0499. The van der Waals surface area contributed by atoms with E-state index in [-0.39, 0.29) is 56.7 Å². The average Bonchev–Trinajstić information content (AvgIpc) is 3.20. The number of rotatable bonds is 5. The summed E-state index contributed by atoms with van der Waals surface area (Å²) in [6.45, 7) is 10.0. The quantitative estimate of drug-likeness (QED) is 0.315. The third kappa shape index (κ3) is 14.3. The molecule has 320 valence electrons. The van der Waals surface area contributed by atoms with E-state index in [1.165, 1.54) is 11.1 Å². The number of anilines is 3. The molecule has 3 amide bonds. The number of aromatic nitrogens is 6. The van der Waals surface area contributed by atoms with Crippen LogP contribution < -0.4 is 31.1 Å². The standard InChI is InChI=1S/C15H20ClN5O2.C13H17ClN6O.C10H12ClN5/c1-15(2,3)23-14(22)19-10-5-4-6-21(9-10)12-8-18-11(7-17)13(16)20-12;1-19(2)13(21)17-9-4-3-5-20(8-9)11-7-16-10(6-15)12(14)18-11;11-10-8(4-12)14-5-9(15-10)16-3-1-2-7(13)6-16/h8,10H,4-6,9H2,1-3H3,(H,19,22);7,9H,3-5,8H2,1-2H3,(H,17,21);5,7H,1-3,6,13H2/t10-;9-;7-/m111/s1. The van der Waals surface area contributed by atoms with Crippen molar-refractivity contribution < 1.29 is 14.3 Å². The monoisotopic (exact) mass is 882 g/mol. The molecular weight excluding hydrogens is 835 g/mol. The SMILES string of the molecule is CC(C)(C)OC(=O)N[C@@H]1CCCN(c2cnc(C#N)c(Cl)n2)C1.CN(C)C(=O)N[C@@H]1CCCN(c2cnc(C#N)c(Cl)n2)C1.N#Cc1ncc(N2CCC[C@@H](N)C2)nc1Cl. The molecule has 3 aliphatic heterocycles. The molecule has 0 aliphatic carbocycles. The van der Waals surface area contributed by atoms with Crippen LogP contribution in [0.15, 0.2) is 18.6 Å². The molecule has 60 heavy (non-hydrogen) atoms. The van der Waals surface area contributed by atoms with Gasteiger partial charge in [0.2, 0.25) is 0 Å². The van der Waals surface area contributed by atoms with E-state index in [1.54, 1.807) is 26.5 Å². The molecule has 6 rings (SSSR count). The minimum absolute atomic E-state index is 0.0326. The number of carbonyl (C=O) groups excluding carboxylic acids is 2. The van der Waals surface area contributed by atoms with E-state index < -0.39 is 11.7 Å². The minimum atomic E-state index is -0.523. The molecule has 0 unspecified atom stereocenters. The number of urea groups is 1. The van der Waals surface area contributed by atoms with Crippen molar-refractivity contribution >= 4 is 64.4 Å². The van der Waals surface area contributed by atoms with Crippen LogP contribution in [0.3, 0.4) is 0 Å². The van der Waals surface area contributed by atoms with Crippen molar-refractivity contribution in [3.8, 4) is 18.2 Å². The highest BCUT2D eigenvalue weighted by atomic mass is 35.5. The zero-order valence-corrected chi connectivity index (χ0v) is 36.5. The van der Waals surface area contributed by atoms with E-state index in [4.69, 9.17) is 61.1 Å². The van der Waals surface area contributed by atoms with Crippen molar-refractivity contribution in [2.24, 2.45) is 5.73 Å². The topological polar surface area (TPSA) is 255 Å². The van der Waals surface area contributed by atoms with Crippen LogP contribution in [0.5, 0.6) is 0 Å². The molecule has 22 heteroatoms. The Bertz CT molecular complexity index is 2080. The fourth-order valence-electron chi connectivity index (χ4n) is 6.36. The lowest BCUT2D eigenvalue weighted by Crippen LogP contribution is -2.50. The fourth-order valence-corrected chi connectivity index (χ4v) is 6.89. The smallest absolute Gasteiger partial charge is 0.407 e. The van der Waals surface area contributed by atoms with Gasteiger partial charge in [-0.15, -0.1) is 0 Å². The molecule has 3 aromatic heterocycles. The highest BCUT2D eigenvalue weighted by molar-refractivity contribution is 6.31. The maximum atomic E-state index is 11.9. The van der Waals surface area contributed by atoms with Crippen LogP contribution in [0.25, 0.3) is 0 Å². The molecule has 0 radical (unpaired) electrons. The lowest BCUT2D eigenvalue weighted by atomic mass is 10.1. The van der Waals surface area contributed by atoms with Crippen molar-refractivity contribution in [1.82, 2.24) is 45.4 Å². The molecule has 3 saturated heterocycles. The molecule has 3 aromatic rings. The van der Waals surface area contributed by atoms with Gasteiger partial charge in [0.15, 0.2) is 32.5 Å². The van der Waals surface area contributed by atoms with Crippen LogP contribution in [0.2, 0.25) is 15.5 Å². The Kier molecular flexibility index (Phi) is 17.4. The second kappa shape index (κ2) is 22.2. The summed E-state index contributed by atoms with van der Waals surface area (Å²) in [5.41, 5.74) is 5.74. The van der Waals surface area contributed by atoms with Crippen LogP contribution in [0.1, 0.15) is 76.4 Å². The number of halogens is 3. The number of nitrogens with zero attached hydrogens (tertiary/aromatic N) is 13. The summed E-state index contributed by atoms with van der Waals surface area (Å²) < 4.78 is 5.28. The summed E-state index contributed by atoms with van der Waals surface area (Å²) in [5.74, 6) is 1.92. The number of amides is 3. The third-order valence-electron chi connectivity index (χ3n) is 9.20. The van der Waals surface area contributed by atoms with Gasteiger partial charge in [-0.05, 0) is 59.3 Å². The molecule has 3 atom stereocenters. The number of nitriles is 3. The number of piperidine rings is 3. The Morgan fingerprint density at radius 1 is 0.717 bits per heavy atom. The first kappa shape index (κ1) is 47.2. The van der Waals surface area contributed by atoms with Gasteiger partial charge in [0.05, 0.1) is 18.6 Å². The number of hydrogen-bond donors (Lipinski definition) is 3. The second-order valence-electron chi connectivity index (χ2n) is 15.3.